The number of aromatic carboxylic acids is 1. The van der Waals surface area contributed by atoms with E-state index in [1.165, 1.54) is 17.5 Å². The van der Waals surface area contributed by atoms with Crippen molar-refractivity contribution in [3.8, 4) is 0 Å². The lowest BCUT2D eigenvalue weighted by molar-refractivity contribution is 0.0690. The summed E-state index contributed by atoms with van der Waals surface area (Å²) < 4.78 is 2.69. The molecule has 0 saturated carbocycles. The minimum absolute atomic E-state index is 0.185. The van der Waals surface area contributed by atoms with Crippen LogP contribution < -0.4 is 5.73 Å². The van der Waals surface area contributed by atoms with Gasteiger partial charge in [-0.05, 0) is 42.5 Å². The lowest BCUT2D eigenvalue weighted by atomic mass is 10.3. The Morgan fingerprint density at radius 2 is 1.91 bits per heavy atom. The summed E-state index contributed by atoms with van der Waals surface area (Å²) in [6.07, 6.45) is 1.39. The molecule has 0 radical (unpaired) electrons. The van der Waals surface area contributed by atoms with Crippen LogP contribution in [0.2, 0.25) is 0 Å². The van der Waals surface area contributed by atoms with Gasteiger partial charge in [0.25, 0.3) is 0 Å². The van der Waals surface area contributed by atoms with Gasteiger partial charge < -0.3 is 10.8 Å². The number of thiazole rings is 1. The zero-order valence-corrected chi connectivity index (χ0v) is 13.4. The molecule has 3 N–H and O–H groups in total. The van der Waals surface area contributed by atoms with Crippen molar-refractivity contribution in [2.75, 3.05) is 5.73 Å². The predicted octanol–water partition coefficient (Wildman–Crippen LogP) is 3.98. The van der Waals surface area contributed by atoms with Crippen LogP contribution in [0.4, 0.5) is 5.69 Å². The van der Waals surface area contributed by atoms with E-state index in [1.54, 1.807) is 16.2 Å². The van der Waals surface area contributed by atoms with Crippen molar-refractivity contribution in [3.05, 3.63) is 54.4 Å². The van der Waals surface area contributed by atoms with E-state index in [-0.39, 0.29) is 5.69 Å². The number of nitrogens with zero attached hydrogens (tertiary/aromatic N) is 2. The molecule has 0 aliphatic rings. The first kappa shape index (κ1) is 14.1. The number of nitrogen functional groups attached to an aromatic ring is 1. The number of nitrogens with two attached hydrogens (primary N) is 1. The summed E-state index contributed by atoms with van der Waals surface area (Å²) in [7, 11) is 0. The third-order valence-electron chi connectivity index (χ3n) is 3.44. The summed E-state index contributed by atoms with van der Waals surface area (Å²) in [5.41, 5.74) is 7.49. The van der Waals surface area contributed by atoms with Crippen LogP contribution in [0.25, 0.3) is 15.2 Å². The molecule has 0 aliphatic carbocycles. The Morgan fingerprint density at radius 3 is 2.65 bits per heavy atom. The van der Waals surface area contributed by atoms with Gasteiger partial charge in [0.15, 0.2) is 10.7 Å². The highest BCUT2D eigenvalue weighted by atomic mass is 32.2. The highest BCUT2D eigenvalue weighted by Gasteiger charge is 2.15. The molecule has 0 amide bonds. The van der Waals surface area contributed by atoms with Crippen LogP contribution in [0.1, 0.15) is 10.5 Å². The van der Waals surface area contributed by atoms with Crippen molar-refractivity contribution < 1.29 is 9.90 Å². The molecule has 2 aromatic carbocycles. The first-order valence-corrected chi connectivity index (χ1v) is 8.42. The molecule has 0 fully saturated rings. The van der Waals surface area contributed by atoms with E-state index >= 15 is 0 Å². The fraction of sp³-hybridized carbons (Fsp3) is 0. The largest absolute Gasteiger partial charge is 0.477 e. The number of carbonyl (C=O) groups is 1. The minimum Gasteiger partial charge on any atom is -0.477 e. The topological polar surface area (TPSA) is 80.6 Å². The van der Waals surface area contributed by atoms with Gasteiger partial charge in [0.2, 0.25) is 0 Å². The molecule has 4 rings (SSSR count). The highest BCUT2D eigenvalue weighted by Crippen LogP contribution is 2.34. The van der Waals surface area contributed by atoms with Crippen molar-refractivity contribution in [2.24, 2.45) is 0 Å². The minimum atomic E-state index is -0.975. The monoisotopic (exact) mass is 341 g/mol. The van der Waals surface area contributed by atoms with Crippen molar-refractivity contribution in [1.29, 1.82) is 0 Å². The summed E-state index contributed by atoms with van der Waals surface area (Å²) in [6.45, 7) is 0. The van der Waals surface area contributed by atoms with Gasteiger partial charge in [-0.2, -0.15) is 0 Å². The van der Waals surface area contributed by atoms with Crippen LogP contribution in [-0.4, -0.2) is 20.5 Å². The third kappa shape index (κ3) is 2.43. The average Bonchev–Trinajstić information content (AvgIpc) is 3.07. The van der Waals surface area contributed by atoms with E-state index in [0.29, 0.717) is 4.96 Å². The van der Waals surface area contributed by atoms with Crippen LogP contribution in [0, 0.1) is 0 Å². The number of imidazole rings is 1. The molecule has 2 aromatic heterocycles. The molecule has 0 unspecified atom stereocenters. The molecular formula is C16H11N3O2S2. The Kier molecular flexibility index (Phi) is 3.24. The number of fused-ring (bicyclic) bond motifs is 3. The Balaban J connectivity index is 1.77. The molecule has 0 spiro atoms. The number of aromatic nitrogens is 2. The number of carboxylic acids is 1. The van der Waals surface area contributed by atoms with E-state index in [2.05, 4.69) is 11.1 Å². The van der Waals surface area contributed by atoms with E-state index < -0.39 is 5.97 Å². The van der Waals surface area contributed by atoms with Crippen LogP contribution >= 0.6 is 23.1 Å². The summed E-state index contributed by atoms with van der Waals surface area (Å²) in [5.74, 6) is -0.975. The second-order valence-corrected chi connectivity index (χ2v) is 7.13. The second kappa shape index (κ2) is 5.29. The molecule has 7 heteroatoms. The molecule has 5 nitrogen and oxygen atoms in total. The van der Waals surface area contributed by atoms with Gasteiger partial charge in [0, 0.05) is 15.5 Å². The lowest BCUT2D eigenvalue weighted by Crippen LogP contribution is -2.00. The van der Waals surface area contributed by atoms with E-state index in [1.807, 2.05) is 36.4 Å². The Bertz CT molecular complexity index is 1030. The summed E-state index contributed by atoms with van der Waals surface area (Å²) in [4.78, 5) is 18.3. The van der Waals surface area contributed by atoms with Gasteiger partial charge >= 0.3 is 5.97 Å². The molecule has 4 aromatic rings. The number of anilines is 1. The fourth-order valence-corrected chi connectivity index (χ4v) is 4.36. The molecule has 114 valence electrons. The quantitative estimate of drug-likeness (QED) is 0.551. The number of hydrogen-bond acceptors (Lipinski definition) is 5. The van der Waals surface area contributed by atoms with E-state index in [4.69, 9.17) is 5.73 Å². The number of carboxylic acid groups (broad SMARTS) is 1. The maximum Gasteiger partial charge on any atom is 0.354 e. The maximum absolute atomic E-state index is 11.3. The standard InChI is InChI=1S/C16H11N3O2S2/c17-9-1-3-10(4-2-9)22-11-5-6-12-14(7-11)23-16-18-8-13(15(20)21)19(12)16/h1-8H,17H2,(H,20,21). The molecular weight excluding hydrogens is 330 g/mol. The van der Waals surface area contributed by atoms with Crippen molar-refractivity contribution in [3.63, 3.8) is 0 Å². The van der Waals surface area contributed by atoms with Gasteiger partial charge in [-0.25, -0.2) is 9.78 Å². The van der Waals surface area contributed by atoms with Gasteiger partial charge in [-0.3, -0.25) is 4.40 Å². The van der Waals surface area contributed by atoms with Gasteiger partial charge in [0.1, 0.15) is 0 Å². The predicted molar refractivity (Wildman–Crippen MR) is 92.5 cm³/mol. The second-order valence-electron chi connectivity index (χ2n) is 4.97. The van der Waals surface area contributed by atoms with Crippen molar-refractivity contribution >= 4 is 49.9 Å². The Morgan fingerprint density at radius 1 is 1.17 bits per heavy atom. The summed E-state index contributed by atoms with van der Waals surface area (Å²) in [5, 5.41) is 9.25. The van der Waals surface area contributed by atoms with Gasteiger partial charge in [-0.15, -0.1) is 0 Å². The molecule has 0 saturated heterocycles. The molecule has 23 heavy (non-hydrogen) atoms. The normalized spacial score (nSPS) is 11.3. The SMILES string of the molecule is Nc1ccc(Sc2ccc3c(c2)sc2ncc(C(=O)O)n23)cc1. The fourth-order valence-electron chi connectivity index (χ4n) is 2.39. The molecule has 2 heterocycles. The van der Waals surface area contributed by atoms with Crippen LogP contribution in [0.5, 0.6) is 0 Å². The van der Waals surface area contributed by atoms with Crippen molar-refractivity contribution in [1.82, 2.24) is 9.38 Å². The highest BCUT2D eigenvalue weighted by molar-refractivity contribution is 7.99. The maximum atomic E-state index is 11.3. The van der Waals surface area contributed by atoms with E-state index in [9.17, 15) is 9.90 Å². The number of hydrogen-bond donors (Lipinski definition) is 2. The average molecular weight is 341 g/mol. The molecule has 0 aliphatic heterocycles. The Labute approximate surface area is 139 Å². The zero-order chi connectivity index (χ0) is 16.0. The first-order valence-electron chi connectivity index (χ1n) is 6.78. The molecule has 0 bridgehead atoms. The van der Waals surface area contributed by atoms with Crippen LogP contribution in [0.3, 0.4) is 0 Å². The summed E-state index contributed by atoms with van der Waals surface area (Å²) >= 11 is 3.12. The molecule has 0 atom stereocenters. The summed E-state index contributed by atoms with van der Waals surface area (Å²) in [6, 6.07) is 13.7. The van der Waals surface area contributed by atoms with Crippen molar-refractivity contribution in [2.45, 2.75) is 9.79 Å². The Hall–Kier alpha value is -2.51. The van der Waals surface area contributed by atoms with Crippen LogP contribution in [-0.2, 0) is 0 Å². The lowest BCUT2D eigenvalue weighted by Gasteiger charge is -2.03. The third-order valence-corrected chi connectivity index (χ3v) is 5.45. The van der Waals surface area contributed by atoms with Crippen LogP contribution in [0.15, 0.2) is 58.5 Å². The van der Waals surface area contributed by atoms with Gasteiger partial charge in [-0.1, -0.05) is 23.1 Å². The zero-order valence-electron chi connectivity index (χ0n) is 11.8. The van der Waals surface area contributed by atoms with E-state index in [0.717, 1.165) is 25.7 Å². The first-order chi connectivity index (χ1) is 11.1. The number of rotatable bonds is 3. The smallest absolute Gasteiger partial charge is 0.354 e. The number of benzene rings is 2. The van der Waals surface area contributed by atoms with Gasteiger partial charge in [0.05, 0.1) is 16.4 Å².